The Morgan fingerprint density at radius 2 is 1.83 bits per heavy atom. The quantitative estimate of drug-likeness (QED) is 0.544. The molecule has 4 N–H and O–H groups in total. The molecule has 0 radical (unpaired) electrons. The monoisotopic (exact) mass is 275 g/mol. The molecule has 9 heteroatoms. The molecule has 1 rings (SSSR count). The molecule has 1 heterocycles. The maximum Gasteiger partial charge on any atom is 0.341 e. The van der Waals surface area contributed by atoms with Crippen molar-refractivity contribution in [3.8, 4) is 0 Å². The summed E-state index contributed by atoms with van der Waals surface area (Å²) < 4.78 is 11.1. The number of pyridine rings is 1. The first kappa shape index (κ1) is 14.3. The highest BCUT2D eigenvalue weighted by atomic mass is 31.2. The molecule has 0 fully saturated rings. The first-order valence-corrected chi connectivity index (χ1v) is 6.34. The number of aromatic nitrogens is 1. The molecule has 8 nitrogen and oxygen atoms in total. The molecule has 0 aromatic carbocycles. The lowest BCUT2D eigenvalue weighted by atomic mass is 9.97. The van der Waals surface area contributed by atoms with E-state index in [9.17, 15) is 14.2 Å². The highest BCUT2D eigenvalue weighted by Crippen LogP contribution is 2.48. The number of hydrogen-bond acceptors (Lipinski definition) is 4. The average Bonchev–Trinajstić information content (AvgIpc) is 2.24. The van der Waals surface area contributed by atoms with Gasteiger partial charge >= 0.3 is 19.5 Å². The van der Waals surface area contributed by atoms with Gasteiger partial charge in [0.2, 0.25) is 0 Å². The molecule has 0 saturated carbocycles. The van der Waals surface area contributed by atoms with Gasteiger partial charge in [-0.05, 0) is 11.6 Å². The van der Waals surface area contributed by atoms with Crippen LogP contribution in [0.4, 0.5) is 0 Å². The lowest BCUT2D eigenvalue weighted by Gasteiger charge is -2.21. The van der Waals surface area contributed by atoms with Crippen LogP contribution in [0.15, 0.2) is 24.5 Å². The van der Waals surface area contributed by atoms with E-state index < -0.39 is 31.1 Å². The molecule has 0 aliphatic rings. The Kier molecular flexibility index (Phi) is 4.18. The van der Waals surface area contributed by atoms with E-state index in [1.54, 1.807) is 0 Å². The first-order valence-electron chi connectivity index (χ1n) is 4.66. The molecule has 18 heavy (non-hydrogen) atoms. The van der Waals surface area contributed by atoms with Crippen LogP contribution < -0.4 is 0 Å². The lowest BCUT2D eigenvalue weighted by Crippen LogP contribution is -2.33. The smallest absolute Gasteiger partial charge is 0.341 e. The molecule has 2 unspecified atom stereocenters. The summed E-state index contributed by atoms with van der Waals surface area (Å²) in [6, 6.07) is 2.60. The van der Waals surface area contributed by atoms with Gasteiger partial charge in [0, 0.05) is 12.4 Å². The van der Waals surface area contributed by atoms with Gasteiger partial charge in [0.05, 0.1) is 0 Å². The molecule has 2 atom stereocenters. The fraction of sp³-hybridized carbons (Fsp3) is 0.222. The average molecular weight is 275 g/mol. The van der Waals surface area contributed by atoms with Crippen molar-refractivity contribution in [2.24, 2.45) is 0 Å². The summed E-state index contributed by atoms with van der Waals surface area (Å²) >= 11 is 0. The molecule has 0 aliphatic heterocycles. The lowest BCUT2D eigenvalue weighted by molar-refractivity contribution is -0.145. The Labute approximate surface area is 101 Å². The Morgan fingerprint density at radius 1 is 1.22 bits per heavy atom. The summed E-state index contributed by atoms with van der Waals surface area (Å²) in [5, 5.41) is 17.8. The fourth-order valence-electron chi connectivity index (χ4n) is 1.50. The van der Waals surface area contributed by atoms with E-state index in [1.807, 2.05) is 0 Å². The highest BCUT2D eigenvalue weighted by molar-refractivity contribution is 7.53. The molecule has 1 aromatic rings. The van der Waals surface area contributed by atoms with E-state index in [2.05, 4.69) is 4.98 Å². The van der Waals surface area contributed by atoms with Crippen LogP contribution in [0.5, 0.6) is 0 Å². The number of aliphatic carboxylic acids is 2. The zero-order valence-corrected chi connectivity index (χ0v) is 9.77. The van der Waals surface area contributed by atoms with Crippen LogP contribution in [0.25, 0.3) is 0 Å². The minimum absolute atomic E-state index is 0.0827. The van der Waals surface area contributed by atoms with Gasteiger partial charge in [-0.2, -0.15) is 0 Å². The van der Waals surface area contributed by atoms with Crippen molar-refractivity contribution in [1.82, 2.24) is 4.98 Å². The van der Waals surface area contributed by atoms with E-state index in [1.165, 1.54) is 18.3 Å². The second-order valence-electron chi connectivity index (χ2n) is 3.47. The second kappa shape index (κ2) is 5.26. The Balaban J connectivity index is 3.32. The summed E-state index contributed by atoms with van der Waals surface area (Å²) in [6.45, 7) is 0. The van der Waals surface area contributed by atoms with Crippen LogP contribution >= 0.6 is 7.60 Å². The van der Waals surface area contributed by atoms with E-state index in [-0.39, 0.29) is 5.56 Å². The van der Waals surface area contributed by atoms with E-state index in [0.29, 0.717) is 0 Å². The van der Waals surface area contributed by atoms with Gasteiger partial charge in [0.25, 0.3) is 0 Å². The van der Waals surface area contributed by atoms with Gasteiger partial charge in [0.1, 0.15) is 5.92 Å². The number of hydrogen-bond donors (Lipinski definition) is 4. The van der Waals surface area contributed by atoms with Crippen molar-refractivity contribution in [3.05, 3.63) is 30.1 Å². The summed E-state index contributed by atoms with van der Waals surface area (Å²) in [5.41, 5.74) is -2.43. The van der Waals surface area contributed by atoms with Crippen LogP contribution in [0.2, 0.25) is 0 Å². The van der Waals surface area contributed by atoms with Gasteiger partial charge in [-0.1, -0.05) is 6.07 Å². The first-order chi connectivity index (χ1) is 8.25. The van der Waals surface area contributed by atoms with Crippen LogP contribution in [0.3, 0.4) is 0 Å². The van der Waals surface area contributed by atoms with Gasteiger partial charge in [0.15, 0.2) is 5.66 Å². The van der Waals surface area contributed by atoms with Gasteiger partial charge < -0.3 is 20.0 Å². The highest BCUT2D eigenvalue weighted by Gasteiger charge is 2.47. The fourth-order valence-corrected chi connectivity index (χ4v) is 2.48. The van der Waals surface area contributed by atoms with Gasteiger partial charge in [-0.25, -0.2) is 0 Å². The van der Waals surface area contributed by atoms with Crippen molar-refractivity contribution >= 4 is 19.5 Å². The summed E-state index contributed by atoms with van der Waals surface area (Å²) in [6.07, 6.45) is 2.39. The van der Waals surface area contributed by atoms with Crippen LogP contribution in [-0.2, 0) is 14.2 Å². The van der Waals surface area contributed by atoms with Crippen molar-refractivity contribution in [3.63, 3.8) is 0 Å². The van der Waals surface area contributed by atoms with E-state index >= 15 is 0 Å². The molecule has 0 bridgehead atoms. The Morgan fingerprint density at radius 3 is 2.17 bits per heavy atom. The SMILES string of the molecule is O=C(O)C(c1cccnc1)C(C(=O)O)P(=O)(O)O. The van der Waals surface area contributed by atoms with E-state index in [0.717, 1.165) is 6.20 Å². The third-order valence-corrected chi connectivity index (χ3v) is 3.48. The van der Waals surface area contributed by atoms with Crippen molar-refractivity contribution < 1.29 is 34.2 Å². The van der Waals surface area contributed by atoms with Gasteiger partial charge in [-0.3, -0.25) is 19.1 Å². The Hall–Kier alpha value is -1.76. The molecule has 0 spiro atoms. The molecular weight excluding hydrogens is 265 g/mol. The zero-order valence-electron chi connectivity index (χ0n) is 8.87. The Bertz CT molecular complexity index is 497. The molecule has 98 valence electrons. The second-order valence-corrected chi connectivity index (χ2v) is 5.21. The predicted molar refractivity (Wildman–Crippen MR) is 58.1 cm³/mol. The molecule has 1 aromatic heterocycles. The zero-order chi connectivity index (χ0) is 13.9. The summed E-state index contributed by atoms with van der Waals surface area (Å²) in [7, 11) is -5.12. The minimum Gasteiger partial charge on any atom is -0.481 e. The summed E-state index contributed by atoms with van der Waals surface area (Å²) in [4.78, 5) is 43.5. The van der Waals surface area contributed by atoms with Gasteiger partial charge in [-0.15, -0.1) is 0 Å². The van der Waals surface area contributed by atoms with Crippen LogP contribution in [0, 0.1) is 0 Å². The molecule has 0 amide bonds. The van der Waals surface area contributed by atoms with E-state index in [4.69, 9.17) is 20.0 Å². The molecular formula is C9H10NO7P. The number of rotatable bonds is 5. The standard InChI is InChI=1S/C9H10NO7P/c11-8(12)6(5-2-1-3-10-4-5)7(9(13)14)18(15,16)17/h1-4,6-7H,(H,11,12)(H,13,14)(H2,15,16,17). The third kappa shape index (κ3) is 3.13. The van der Waals surface area contributed by atoms with Crippen LogP contribution in [-0.4, -0.2) is 42.6 Å². The number of nitrogens with zero attached hydrogens (tertiary/aromatic N) is 1. The third-order valence-electron chi connectivity index (χ3n) is 2.24. The van der Waals surface area contributed by atoms with Crippen molar-refractivity contribution in [1.29, 1.82) is 0 Å². The summed E-state index contributed by atoms with van der Waals surface area (Å²) in [5.74, 6) is -5.38. The van der Waals surface area contributed by atoms with Crippen LogP contribution in [0.1, 0.15) is 11.5 Å². The predicted octanol–water partition coefficient (Wildman–Crippen LogP) is -0.119. The normalized spacial score (nSPS) is 14.8. The number of carboxylic acid groups (broad SMARTS) is 2. The largest absolute Gasteiger partial charge is 0.481 e. The minimum atomic E-state index is -5.12. The van der Waals surface area contributed by atoms with Crippen molar-refractivity contribution in [2.75, 3.05) is 0 Å². The topological polar surface area (TPSA) is 145 Å². The van der Waals surface area contributed by atoms with Crippen molar-refractivity contribution in [2.45, 2.75) is 11.6 Å². The molecule has 0 saturated heterocycles. The maximum absolute atomic E-state index is 11.1. The maximum atomic E-state index is 11.1. The number of carbonyl (C=O) groups is 2. The number of carboxylic acids is 2. The molecule has 0 aliphatic carbocycles.